The van der Waals surface area contributed by atoms with E-state index >= 15 is 0 Å². The maximum Gasteiger partial charge on any atom is 0.254 e. The summed E-state index contributed by atoms with van der Waals surface area (Å²) < 4.78 is 0. The number of hydrogen-bond donors (Lipinski definition) is 1. The average molecular weight is 335 g/mol. The van der Waals surface area contributed by atoms with Gasteiger partial charge in [0.05, 0.1) is 11.0 Å². The van der Waals surface area contributed by atoms with Crippen molar-refractivity contribution < 1.29 is 4.79 Å². The number of benzene rings is 1. The smallest absolute Gasteiger partial charge is 0.254 e. The van der Waals surface area contributed by atoms with Gasteiger partial charge in [-0.15, -0.1) is 0 Å². The molecule has 1 N–H and O–H groups in total. The summed E-state index contributed by atoms with van der Waals surface area (Å²) in [5, 5.41) is 0. The molecule has 2 aromatic heterocycles. The van der Waals surface area contributed by atoms with Crippen LogP contribution < -0.4 is 4.90 Å². The van der Waals surface area contributed by atoms with Crippen LogP contribution in [0, 0.1) is 0 Å². The number of imidazole rings is 1. The van der Waals surface area contributed by atoms with Gasteiger partial charge in [-0.1, -0.05) is 13.0 Å². The lowest BCUT2D eigenvalue weighted by Crippen LogP contribution is -2.49. The van der Waals surface area contributed by atoms with Gasteiger partial charge in [-0.25, -0.2) is 9.97 Å². The van der Waals surface area contributed by atoms with Gasteiger partial charge >= 0.3 is 0 Å². The zero-order chi connectivity index (χ0) is 17.2. The molecule has 1 fully saturated rings. The Labute approximate surface area is 146 Å². The molecule has 0 aliphatic carbocycles. The number of hydrogen-bond acceptors (Lipinski definition) is 4. The van der Waals surface area contributed by atoms with Gasteiger partial charge in [0.1, 0.15) is 11.6 Å². The zero-order valence-corrected chi connectivity index (χ0v) is 14.3. The summed E-state index contributed by atoms with van der Waals surface area (Å²) in [5.41, 5.74) is 2.55. The Bertz CT molecular complexity index is 881. The van der Waals surface area contributed by atoms with Crippen molar-refractivity contribution in [1.29, 1.82) is 0 Å². The van der Waals surface area contributed by atoms with E-state index in [4.69, 9.17) is 0 Å². The number of nitrogens with zero attached hydrogens (tertiary/aromatic N) is 4. The number of carbonyl (C=O) groups excluding carboxylic acids is 1. The highest BCUT2D eigenvalue weighted by Gasteiger charge is 2.23. The van der Waals surface area contributed by atoms with Crippen LogP contribution in [0.15, 0.2) is 42.6 Å². The molecule has 128 valence electrons. The summed E-state index contributed by atoms with van der Waals surface area (Å²) in [6.45, 7) is 5.07. The second kappa shape index (κ2) is 6.55. The molecular weight excluding hydrogens is 314 g/mol. The van der Waals surface area contributed by atoms with Gasteiger partial charge in [0.15, 0.2) is 0 Å². The number of aromatic nitrogens is 3. The van der Waals surface area contributed by atoms with Crippen molar-refractivity contribution in [3.05, 3.63) is 54.0 Å². The van der Waals surface area contributed by atoms with Crippen LogP contribution in [-0.2, 0) is 6.42 Å². The van der Waals surface area contributed by atoms with Gasteiger partial charge < -0.3 is 14.8 Å². The molecule has 3 heterocycles. The second-order valence-corrected chi connectivity index (χ2v) is 6.24. The number of aromatic amines is 1. The molecule has 3 aromatic rings. The van der Waals surface area contributed by atoms with E-state index in [0.29, 0.717) is 18.7 Å². The predicted octanol–water partition coefficient (Wildman–Crippen LogP) is 2.48. The van der Waals surface area contributed by atoms with E-state index < -0.39 is 0 Å². The minimum Gasteiger partial charge on any atom is -0.353 e. The lowest BCUT2D eigenvalue weighted by molar-refractivity contribution is 0.0746. The maximum absolute atomic E-state index is 12.8. The molecule has 0 spiro atoms. The standard InChI is InChI=1S/C19H21N5O/c1-2-17-21-15-7-6-14(13-16(15)22-17)19(25)24-11-9-23(10-12-24)18-5-3-4-8-20-18/h3-8,13H,2,9-12H2,1H3,(H,21,22). The van der Waals surface area contributed by atoms with Crippen molar-refractivity contribution in [2.45, 2.75) is 13.3 Å². The van der Waals surface area contributed by atoms with Crippen molar-refractivity contribution in [2.24, 2.45) is 0 Å². The van der Waals surface area contributed by atoms with Gasteiger partial charge in [-0.2, -0.15) is 0 Å². The molecule has 0 bridgehead atoms. The lowest BCUT2D eigenvalue weighted by Gasteiger charge is -2.35. The summed E-state index contributed by atoms with van der Waals surface area (Å²) in [5.74, 6) is 2.00. The molecule has 0 saturated carbocycles. The van der Waals surface area contributed by atoms with Gasteiger partial charge in [0.25, 0.3) is 5.91 Å². The summed E-state index contributed by atoms with van der Waals surface area (Å²) >= 11 is 0. The van der Waals surface area contributed by atoms with Crippen molar-refractivity contribution in [1.82, 2.24) is 19.9 Å². The maximum atomic E-state index is 12.8. The quantitative estimate of drug-likeness (QED) is 0.799. The van der Waals surface area contributed by atoms with Crippen LogP contribution in [0.4, 0.5) is 5.82 Å². The Balaban J connectivity index is 1.47. The van der Waals surface area contributed by atoms with Crippen molar-refractivity contribution in [3.63, 3.8) is 0 Å². The van der Waals surface area contributed by atoms with E-state index in [1.807, 2.05) is 41.3 Å². The van der Waals surface area contributed by atoms with Crippen LogP contribution in [0.5, 0.6) is 0 Å². The number of carbonyl (C=O) groups is 1. The number of H-pyrrole nitrogens is 1. The van der Waals surface area contributed by atoms with Gasteiger partial charge in [0.2, 0.25) is 0 Å². The SMILES string of the molecule is CCc1nc2ccc(C(=O)N3CCN(c4ccccn4)CC3)cc2[nH]1. The predicted molar refractivity (Wildman–Crippen MR) is 97.8 cm³/mol. The highest BCUT2D eigenvalue weighted by Crippen LogP contribution is 2.18. The van der Waals surface area contributed by atoms with E-state index in [9.17, 15) is 4.79 Å². The third kappa shape index (κ3) is 3.07. The van der Waals surface area contributed by atoms with Crippen LogP contribution in [0.3, 0.4) is 0 Å². The Morgan fingerprint density at radius 2 is 2.00 bits per heavy atom. The molecule has 4 rings (SSSR count). The van der Waals surface area contributed by atoms with Gasteiger partial charge in [0, 0.05) is 44.4 Å². The normalized spacial score (nSPS) is 14.9. The Kier molecular flexibility index (Phi) is 4.09. The molecular formula is C19H21N5O. The van der Waals surface area contributed by atoms with E-state index in [1.54, 1.807) is 6.20 Å². The van der Waals surface area contributed by atoms with E-state index in [0.717, 1.165) is 42.2 Å². The van der Waals surface area contributed by atoms with Crippen LogP contribution in [0.1, 0.15) is 23.1 Å². The molecule has 0 radical (unpaired) electrons. The Morgan fingerprint density at radius 3 is 2.72 bits per heavy atom. The number of piperazine rings is 1. The minimum absolute atomic E-state index is 0.0789. The van der Waals surface area contributed by atoms with Crippen LogP contribution >= 0.6 is 0 Å². The number of anilines is 1. The minimum atomic E-state index is 0.0789. The highest BCUT2D eigenvalue weighted by molar-refractivity contribution is 5.97. The fourth-order valence-corrected chi connectivity index (χ4v) is 3.22. The number of amides is 1. The third-order valence-electron chi connectivity index (χ3n) is 4.65. The molecule has 25 heavy (non-hydrogen) atoms. The van der Waals surface area contributed by atoms with Gasteiger partial charge in [-0.3, -0.25) is 4.79 Å². The third-order valence-corrected chi connectivity index (χ3v) is 4.65. The molecule has 1 amide bonds. The molecule has 0 unspecified atom stereocenters. The number of pyridine rings is 1. The van der Waals surface area contributed by atoms with Crippen molar-refractivity contribution in [3.8, 4) is 0 Å². The lowest BCUT2D eigenvalue weighted by atomic mass is 10.1. The first-order valence-electron chi connectivity index (χ1n) is 8.68. The topological polar surface area (TPSA) is 65.1 Å². The average Bonchev–Trinajstić information content (AvgIpc) is 3.10. The van der Waals surface area contributed by atoms with Crippen LogP contribution in [0.25, 0.3) is 11.0 Å². The molecule has 1 aliphatic heterocycles. The summed E-state index contributed by atoms with van der Waals surface area (Å²) in [4.78, 5) is 29.1. The molecule has 1 saturated heterocycles. The summed E-state index contributed by atoms with van der Waals surface area (Å²) in [6, 6.07) is 11.6. The van der Waals surface area contributed by atoms with Crippen molar-refractivity contribution in [2.75, 3.05) is 31.1 Å². The number of fused-ring (bicyclic) bond motifs is 1. The fraction of sp³-hybridized carbons (Fsp3) is 0.316. The van der Waals surface area contributed by atoms with Gasteiger partial charge in [-0.05, 0) is 30.3 Å². The first kappa shape index (κ1) is 15.6. The molecule has 6 nitrogen and oxygen atoms in total. The van der Waals surface area contributed by atoms with Crippen LogP contribution in [-0.4, -0.2) is 51.9 Å². The highest BCUT2D eigenvalue weighted by atomic mass is 16.2. The van der Waals surface area contributed by atoms with Crippen LogP contribution in [0.2, 0.25) is 0 Å². The van der Waals surface area contributed by atoms with Crippen molar-refractivity contribution >= 4 is 22.8 Å². The van der Waals surface area contributed by atoms with E-state index in [1.165, 1.54) is 0 Å². The van der Waals surface area contributed by atoms with E-state index in [2.05, 4.69) is 26.8 Å². The first-order valence-corrected chi connectivity index (χ1v) is 8.68. The number of aryl methyl sites for hydroxylation is 1. The fourth-order valence-electron chi connectivity index (χ4n) is 3.22. The Hall–Kier alpha value is -2.89. The zero-order valence-electron chi connectivity index (χ0n) is 14.3. The molecule has 6 heteroatoms. The largest absolute Gasteiger partial charge is 0.353 e. The molecule has 0 atom stereocenters. The monoisotopic (exact) mass is 335 g/mol. The molecule has 1 aromatic carbocycles. The summed E-state index contributed by atoms with van der Waals surface area (Å²) in [7, 11) is 0. The summed E-state index contributed by atoms with van der Waals surface area (Å²) in [6.07, 6.45) is 2.66. The Morgan fingerprint density at radius 1 is 1.16 bits per heavy atom. The molecule has 1 aliphatic rings. The number of nitrogens with one attached hydrogen (secondary N) is 1. The first-order chi connectivity index (χ1) is 12.2. The number of rotatable bonds is 3. The van der Waals surface area contributed by atoms with E-state index in [-0.39, 0.29) is 5.91 Å². The second-order valence-electron chi connectivity index (χ2n) is 6.24.